The first-order valence-corrected chi connectivity index (χ1v) is 6.25. The first-order valence-electron chi connectivity index (χ1n) is 6.25. The van der Waals surface area contributed by atoms with Crippen LogP contribution in [0, 0.1) is 6.92 Å². The molecular weight excluding hydrogens is 212 g/mol. The molecule has 2 unspecified atom stereocenters. The van der Waals surface area contributed by atoms with Gasteiger partial charge in [-0.2, -0.15) is 0 Å². The molecule has 1 fully saturated rings. The van der Waals surface area contributed by atoms with Gasteiger partial charge in [0.1, 0.15) is 0 Å². The van der Waals surface area contributed by atoms with E-state index in [0.717, 1.165) is 24.8 Å². The van der Waals surface area contributed by atoms with Crippen LogP contribution in [-0.4, -0.2) is 18.0 Å². The van der Waals surface area contributed by atoms with Crippen LogP contribution in [0.15, 0.2) is 24.3 Å². The van der Waals surface area contributed by atoms with E-state index in [1.54, 1.807) is 0 Å². The maximum atomic E-state index is 11.9. The average molecular weight is 232 g/mol. The zero-order chi connectivity index (χ0) is 12.3. The Balaban J connectivity index is 1.89. The molecule has 1 aliphatic carbocycles. The summed E-state index contributed by atoms with van der Waals surface area (Å²) in [6, 6.07) is 8.37. The second kappa shape index (κ2) is 5.32. The molecule has 2 atom stereocenters. The lowest BCUT2D eigenvalue weighted by atomic mass is 10.1. The van der Waals surface area contributed by atoms with Crippen LogP contribution in [0.3, 0.4) is 0 Å². The lowest BCUT2D eigenvalue weighted by molar-refractivity contribution is -0.121. The standard InChI is InChI=1S/C14H20N2O/c1-10-4-2-5-11(8-10)9-14(17)16-13-7-3-6-12(13)15/h2,4-5,8,12-13H,3,6-7,9,15H2,1H3,(H,16,17). The molecule has 0 heterocycles. The third-order valence-corrected chi connectivity index (χ3v) is 3.36. The Morgan fingerprint density at radius 3 is 2.94 bits per heavy atom. The van der Waals surface area contributed by atoms with Gasteiger partial charge in [-0.3, -0.25) is 4.79 Å². The number of aryl methyl sites for hydroxylation is 1. The highest BCUT2D eigenvalue weighted by atomic mass is 16.1. The molecule has 2 rings (SSSR count). The largest absolute Gasteiger partial charge is 0.352 e. The van der Waals surface area contributed by atoms with Gasteiger partial charge in [-0.25, -0.2) is 0 Å². The Morgan fingerprint density at radius 2 is 2.29 bits per heavy atom. The van der Waals surface area contributed by atoms with Gasteiger partial charge in [-0.15, -0.1) is 0 Å². The van der Waals surface area contributed by atoms with E-state index in [9.17, 15) is 4.79 Å². The van der Waals surface area contributed by atoms with Gasteiger partial charge in [0.25, 0.3) is 0 Å². The summed E-state index contributed by atoms with van der Waals surface area (Å²) in [7, 11) is 0. The highest BCUT2D eigenvalue weighted by Gasteiger charge is 2.24. The van der Waals surface area contributed by atoms with E-state index in [1.165, 1.54) is 5.56 Å². The highest BCUT2D eigenvalue weighted by molar-refractivity contribution is 5.79. The minimum atomic E-state index is 0.0814. The maximum absolute atomic E-state index is 11.9. The van der Waals surface area contributed by atoms with Crippen molar-refractivity contribution in [2.75, 3.05) is 0 Å². The van der Waals surface area contributed by atoms with Crippen LogP contribution in [0.2, 0.25) is 0 Å². The molecule has 1 aromatic carbocycles. The summed E-state index contributed by atoms with van der Waals surface area (Å²) in [5, 5.41) is 3.03. The van der Waals surface area contributed by atoms with Crippen LogP contribution in [0.25, 0.3) is 0 Å². The van der Waals surface area contributed by atoms with Crippen molar-refractivity contribution in [1.82, 2.24) is 5.32 Å². The third-order valence-electron chi connectivity index (χ3n) is 3.36. The molecule has 1 amide bonds. The molecular formula is C14H20N2O. The van der Waals surface area contributed by atoms with Gasteiger partial charge in [0, 0.05) is 12.1 Å². The highest BCUT2D eigenvalue weighted by Crippen LogP contribution is 2.17. The Labute approximate surface area is 102 Å². The molecule has 0 radical (unpaired) electrons. The molecule has 0 aromatic heterocycles. The lowest BCUT2D eigenvalue weighted by Crippen LogP contribution is -2.44. The van der Waals surface area contributed by atoms with Crippen molar-refractivity contribution < 1.29 is 4.79 Å². The SMILES string of the molecule is Cc1cccc(CC(=O)NC2CCCC2N)c1. The van der Waals surface area contributed by atoms with Crippen molar-refractivity contribution in [3.8, 4) is 0 Å². The van der Waals surface area contributed by atoms with Gasteiger partial charge in [0.2, 0.25) is 5.91 Å². The van der Waals surface area contributed by atoms with E-state index >= 15 is 0 Å². The number of rotatable bonds is 3. The predicted molar refractivity (Wildman–Crippen MR) is 68.6 cm³/mol. The second-order valence-electron chi connectivity index (χ2n) is 4.93. The van der Waals surface area contributed by atoms with Crippen molar-refractivity contribution in [3.63, 3.8) is 0 Å². The normalized spacial score (nSPS) is 23.6. The minimum Gasteiger partial charge on any atom is -0.352 e. The average Bonchev–Trinajstić information content (AvgIpc) is 2.64. The number of nitrogens with one attached hydrogen (secondary N) is 1. The molecule has 0 aliphatic heterocycles. The Hall–Kier alpha value is -1.35. The maximum Gasteiger partial charge on any atom is 0.224 e. The van der Waals surface area contributed by atoms with Crippen LogP contribution in [-0.2, 0) is 11.2 Å². The van der Waals surface area contributed by atoms with Crippen molar-refractivity contribution >= 4 is 5.91 Å². The fourth-order valence-corrected chi connectivity index (χ4v) is 2.43. The van der Waals surface area contributed by atoms with Gasteiger partial charge in [0.05, 0.1) is 6.42 Å². The zero-order valence-corrected chi connectivity index (χ0v) is 10.3. The molecule has 3 N–H and O–H groups in total. The summed E-state index contributed by atoms with van der Waals surface area (Å²) in [4.78, 5) is 11.9. The van der Waals surface area contributed by atoms with Gasteiger partial charge in [0.15, 0.2) is 0 Å². The fourth-order valence-electron chi connectivity index (χ4n) is 2.43. The lowest BCUT2D eigenvalue weighted by Gasteiger charge is -2.17. The van der Waals surface area contributed by atoms with Crippen molar-refractivity contribution in [2.45, 2.75) is 44.7 Å². The zero-order valence-electron chi connectivity index (χ0n) is 10.3. The first-order chi connectivity index (χ1) is 8.15. The third kappa shape index (κ3) is 3.30. The molecule has 1 saturated carbocycles. The van der Waals surface area contributed by atoms with E-state index in [2.05, 4.69) is 5.32 Å². The smallest absolute Gasteiger partial charge is 0.224 e. The van der Waals surface area contributed by atoms with E-state index in [-0.39, 0.29) is 18.0 Å². The van der Waals surface area contributed by atoms with Gasteiger partial charge >= 0.3 is 0 Å². The molecule has 92 valence electrons. The van der Waals surface area contributed by atoms with E-state index in [1.807, 2.05) is 31.2 Å². The molecule has 0 bridgehead atoms. The quantitative estimate of drug-likeness (QED) is 0.830. The summed E-state index contributed by atoms with van der Waals surface area (Å²) < 4.78 is 0. The van der Waals surface area contributed by atoms with Crippen molar-refractivity contribution in [2.24, 2.45) is 5.73 Å². The van der Waals surface area contributed by atoms with E-state index in [4.69, 9.17) is 5.73 Å². The number of carbonyl (C=O) groups is 1. The van der Waals surface area contributed by atoms with Crippen LogP contribution >= 0.6 is 0 Å². The van der Waals surface area contributed by atoms with Crippen LogP contribution in [0.5, 0.6) is 0 Å². The van der Waals surface area contributed by atoms with Gasteiger partial charge in [-0.1, -0.05) is 29.8 Å². The summed E-state index contributed by atoms with van der Waals surface area (Å²) in [6.45, 7) is 2.04. The number of benzene rings is 1. The topological polar surface area (TPSA) is 55.1 Å². The van der Waals surface area contributed by atoms with Crippen LogP contribution in [0.4, 0.5) is 0 Å². The Morgan fingerprint density at radius 1 is 1.47 bits per heavy atom. The predicted octanol–water partition coefficient (Wildman–Crippen LogP) is 1.53. The van der Waals surface area contributed by atoms with Crippen LogP contribution in [0.1, 0.15) is 30.4 Å². The minimum absolute atomic E-state index is 0.0814. The second-order valence-corrected chi connectivity index (χ2v) is 4.93. The number of hydrogen-bond donors (Lipinski definition) is 2. The summed E-state index contributed by atoms with van der Waals surface area (Å²) in [5.41, 5.74) is 8.18. The van der Waals surface area contributed by atoms with Crippen molar-refractivity contribution in [1.29, 1.82) is 0 Å². The Kier molecular flexibility index (Phi) is 3.79. The number of nitrogens with two attached hydrogens (primary N) is 1. The number of carbonyl (C=O) groups excluding carboxylic acids is 1. The summed E-state index contributed by atoms with van der Waals surface area (Å²) in [5.74, 6) is 0.0814. The summed E-state index contributed by atoms with van der Waals surface area (Å²) in [6.07, 6.45) is 3.61. The fraction of sp³-hybridized carbons (Fsp3) is 0.500. The molecule has 17 heavy (non-hydrogen) atoms. The summed E-state index contributed by atoms with van der Waals surface area (Å²) >= 11 is 0. The molecule has 3 heteroatoms. The molecule has 0 spiro atoms. The number of amides is 1. The van der Waals surface area contributed by atoms with Crippen LogP contribution < -0.4 is 11.1 Å². The van der Waals surface area contributed by atoms with Gasteiger partial charge < -0.3 is 11.1 Å². The molecule has 1 aromatic rings. The van der Waals surface area contributed by atoms with E-state index in [0.29, 0.717) is 6.42 Å². The molecule has 3 nitrogen and oxygen atoms in total. The monoisotopic (exact) mass is 232 g/mol. The van der Waals surface area contributed by atoms with Gasteiger partial charge in [-0.05, 0) is 31.7 Å². The Bertz CT molecular complexity index is 403. The molecule has 1 aliphatic rings. The molecule has 0 saturated heterocycles. The van der Waals surface area contributed by atoms with Crippen molar-refractivity contribution in [3.05, 3.63) is 35.4 Å². The number of hydrogen-bond acceptors (Lipinski definition) is 2. The first kappa shape index (κ1) is 12.1. The van der Waals surface area contributed by atoms with E-state index < -0.39 is 0 Å².